The Morgan fingerprint density at radius 1 is 1.55 bits per heavy atom. The van der Waals surface area contributed by atoms with Crippen LogP contribution >= 0.6 is 0 Å². The van der Waals surface area contributed by atoms with Gasteiger partial charge in [-0.2, -0.15) is 0 Å². The Balaban J connectivity index is 1.89. The van der Waals surface area contributed by atoms with Gasteiger partial charge in [-0.1, -0.05) is 0 Å². The van der Waals surface area contributed by atoms with Gasteiger partial charge in [0.1, 0.15) is 6.04 Å². The average molecular weight is 155 g/mol. The summed E-state index contributed by atoms with van der Waals surface area (Å²) in [4.78, 5) is 11.0. The van der Waals surface area contributed by atoms with Crippen LogP contribution in [0.3, 0.4) is 0 Å². The number of carbonyl (C=O) groups excluding carboxylic acids is 1. The van der Waals surface area contributed by atoms with Crippen LogP contribution in [-0.4, -0.2) is 25.2 Å². The van der Waals surface area contributed by atoms with Gasteiger partial charge in [-0.05, 0) is 25.2 Å². The summed E-state index contributed by atoms with van der Waals surface area (Å²) in [6.07, 6.45) is 3.40. The molecule has 2 fully saturated rings. The van der Waals surface area contributed by atoms with E-state index in [1.807, 2.05) is 0 Å². The highest BCUT2D eigenvalue weighted by Crippen LogP contribution is 2.39. The molecule has 2 rings (SSSR count). The van der Waals surface area contributed by atoms with Crippen molar-refractivity contribution in [2.24, 2.45) is 5.92 Å². The van der Waals surface area contributed by atoms with Crippen LogP contribution in [0.4, 0.5) is 0 Å². The molecule has 1 aliphatic carbocycles. The van der Waals surface area contributed by atoms with Crippen molar-refractivity contribution in [2.45, 2.75) is 31.3 Å². The third kappa shape index (κ3) is 1.25. The number of methoxy groups -OCH3 is 1. The molecule has 1 saturated heterocycles. The fourth-order valence-corrected chi connectivity index (χ4v) is 1.82. The summed E-state index contributed by atoms with van der Waals surface area (Å²) in [7, 11) is 1.45. The van der Waals surface area contributed by atoms with Crippen LogP contribution in [0, 0.1) is 5.92 Å². The van der Waals surface area contributed by atoms with E-state index in [0.29, 0.717) is 6.04 Å². The van der Waals surface area contributed by atoms with E-state index in [1.54, 1.807) is 0 Å². The first-order valence-electron chi connectivity index (χ1n) is 4.15. The lowest BCUT2D eigenvalue weighted by atomic mass is 10.1. The predicted octanol–water partition coefficient (Wildman–Crippen LogP) is 0.300. The van der Waals surface area contributed by atoms with Gasteiger partial charge in [0.15, 0.2) is 0 Å². The molecule has 0 aromatic rings. The Bertz CT molecular complexity index is 181. The van der Waals surface area contributed by atoms with E-state index in [1.165, 1.54) is 20.0 Å². The lowest BCUT2D eigenvalue weighted by Crippen LogP contribution is -2.42. The molecule has 1 N–H and O–H groups in total. The highest BCUT2D eigenvalue weighted by Gasteiger charge is 2.43. The van der Waals surface area contributed by atoms with Crippen molar-refractivity contribution in [3.63, 3.8) is 0 Å². The highest BCUT2D eigenvalue weighted by molar-refractivity contribution is 5.75. The van der Waals surface area contributed by atoms with Gasteiger partial charge >= 0.3 is 5.97 Å². The number of hydrogen-bond donors (Lipinski definition) is 1. The summed E-state index contributed by atoms with van der Waals surface area (Å²) in [5.74, 6) is 0.756. The van der Waals surface area contributed by atoms with Gasteiger partial charge in [-0.3, -0.25) is 4.79 Å². The van der Waals surface area contributed by atoms with E-state index < -0.39 is 0 Å². The first-order valence-corrected chi connectivity index (χ1v) is 4.15. The van der Waals surface area contributed by atoms with E-state index in [4.69, 9.17) is 0 Å². The van der Waals surface area contributed by atoms with Crippen LogP contribution in [0.1, 0.15) is 19.3 Å². The lowest BCUT2D eigenvalue weighted by molar-refractivity contribution is -0.143. The Hall–Kier alpha value is -0.570. The maximum atomic E-state index is 11.0. The molecule has 0 bridgehead atoms. The second kappa shape index (κ2) is 2.48. The summed E-state index contributed by atoms with van der Waals surface area (Å²) >= 11 is 0. The normalized spacial score (nSPS) is 41.0. The number of fused-ring (bicyclic) bond motifs is 1. The van der Waals surface area contributed by atoms with Crippen LogP contribution in [0.25, 0.3) is 0 Å². The van der Waals surface area contributed by atoms with E-state index >= 15 is 0 Å². The minimum atomic E-state index is -0.102. The topological polar surface area (TPSA) is 38.3 Å². The quantitative estimate of drug-likeness (QED) is 0.553. The molecule has 3 atom stereocenters. The Kier molecular flexibility index (Phi) is 1.60. The van der Waals surface area contributed by atoms with Gasteiger partial charge in [0.2, 0.25) is 0 Å². The summed E-state index contributed by atoms with van der Waals surface area (Å²) < 4.78 is 4.66. The molecule has 0 aromatic heterocycles. The number of nitrogens with one attached hydrogen (secondary N) is 1. The molecule has 1 heterocycles. The fourth-order valence-electron chi connectivity index (χ4n) is 1.82. The predicted molar refractivity (Wildman–Crippen MR) is 40.1 cm³/mol. The number of piperidine rings is 1. The third-order valence-electron chi connectivity index (χ3n) is 2.65. The minimum absolute atomic E-state index is 0.0243. The Morgan fingerprint density at radius 3 is 3.00 bits per heavy atom. The molecular formula is C8H13NO2. The highest BCUT2D eigenvalue weighted by atomic mass is 16.5. The van der Waals surface area contributed by atoms with Crippen molar-refractivity contribution in [3.05, 3.63) is 0 Å². The van der Waals surface area contributed by atoms with Crippen molar-refractivity contribution in [1.29, 1.82) is 0 Å². The van der Waals surface area contributed by atoms with Gasteiger partial charge < -0.3 is 10.1 Å². The number of hydrogen-bond acceptors (Lipinski definition) is 3. The smallest absolute Gasteiger partial charge is 0.322 e. The van der Waals surface area contributed by atoms with E-state index in [-0.39, 0.29) is 12.0 Å². The van der Waals surface area contributed by atoms with Crippen LogP contribution in [0.2, 0.25) is 0 Å². The lowest BCUT2D eigenvalue weighted by Gasteiger charge is -2.20. The first kappa shape index (κ1) is 7.10. The van der Waals surface area contributed by atoms with Gasteiger partial charge in [-0.15, -0.1) is 0 Å². The van der Waals surface area contributed by atoms with E-state index in [0.717, 1.165) is 12.3 Å². The zero-order valence-electron chi connectivity index (χ0n) is 6.67. The van der Waals surface area contributed by atoms with Crippen LogP contribution in [-0.2, 0) is 9.53 Å². The van der Waals surface area contributed by atoms with Crippen molar-refractivity contribution >= 4 is 5.97 Å². The summed E-state index contributed by atoms with van der Waals surface area (Å²) in [5.41, 5.74) is 0. The third-order valence-corrected chi connectivity index (χ3v) is 2.65. The maximum Gasteiger partial charge on any atom is 0.322 e. The molecule has 3 nitrogen and oxygen atoms in total. The summed E-state index contributed by atoms with van der Waals surface area (Å²) in [6, 6.07) is 0.594. The molecule has 3 unspecified atom stereocenters. The van der Waals surface area contributed by atoms with Crippen molar-refractivity contribution in [3.8, 4) is 0 Å². The molecule has 11 heavy (non-hydrogen) atoms. The number of esters is 1. The molecule has 3 heteroatoms. The average Bonchev–Trinajstić information content (AvgIpc) is 2.80. The van der Waals surface area contributed by atoms with Crippen molar-refractivity contribution in [1.82, 2.24) is 5.32 Å². The van der Waals surface area contributed by atoms with Crippen molar-refractivity contribution < 1.29 is 9.53 Å². The molecule has 0 aromatic carbocycles. The van der Waals surface area contributed by atoms with Gasteiger partial charge in [0.25, 0.3) is 0 Å². The standard InChI is InChI=1S/C8H13NO2/c1-11-8(10)6-3-2-5-4-7(5)9-6/h5-7,9H,2-4H2,1H3. The van der Waals surface area contributed by atoms with E-state index in [2.05, 4.69) is 10.1 Å². The molecule has 62 valence electrons. The van der Waals surface area contributed by atoms with Gasteiger partial charge in [-0.25, -0.2) is 0 Å². The second-order valence-electron chi connectivity index (χ2n) is 3.42. The molecule has 1 aliphatic heterocycles. The molecule has 1 saturated carbocycles. The zero-order chi connectivity index (χ0) is 7.84. The zero-order valence-corrected chi connectivity index (χ0v) is 6.67. The molecular weight excluding hydrogens is 142 g/mol. The second-order valence-corrected chi connectivity index (χ2v) is 3.42. The number of carbonyl (C=O) groups is 1. The van der Waals surface area contributed by atoms with Gasteiger partial charge in [0.05, 0.1) is 7.11 Å². The number of rotatable bonds is 1. The summed E-state index contributed by atoms with van der Waals surface area (Å²) in [5, 5.41) is 3.27. The largest absolute Gasteiger partial charge is 0.468 e. The SMILES string of the molecule is COC(=O)C1CCC2CC2N1. The van der Waals surface area contributed by atoms with E-state index in [9.17, 15) is 4.79 Å². The molecule has 0 amide bonds. The number of ether oxygens (including phenoxy) is 1. The fraction of sp³-hybridized carbons (Fsp3) is 0.875. The van der Waals surface area contributed by atoms with Crippen LogP contribution in [0.15, 0.2) is 0 Å². The monoisotopic (exact) mass is 155 g/mol. The molecule has 0 spiro atoms. The molecule has 2 aliphatic rings. The van der Waals surface area contributed by atoms with Crippen LogP contribution < -0.4 is 5.32 Å². The van der Waals surface area contributed by atoms with Crippen molar-refractivity contribution in [2.75, 3.05) is 7.11 Å². The van der Waals surface area contributed by atoms with Gasteiger partial charge in [0, 0.05) is 6.04 Å². The maximum absolute atomic E-state index is 11.0. The Labute approximate surface area is 66.1 Å². The minimum Gasteiger partial charge on any atom is -0.468 e. The molecule has 0 radical (unpaired) electrons. The van der Waals surface area contributed by atoms with Crippen LogP contribution in [0.5, 0.6) is 0 Å². The summed E-state index contributed by atoms with van der Waals surface area (Å²) in [6.45, 7) is 0. The first-order chi connectivity index (χ1) is 5.31. The Morgan fingerprint density at radius 2 is 2.36 bits per heavy atom.